The van der Waals surface area contributed by atoms with Gasteiger partial charge in [-0.15, -0.1) is 0 Å². The average Bonchev–Trinajstić information content (AvgIpc) is 3.38. The lowest BCUT2D eigenvalue weighted by Gasteiger charge is -2.42. The number of amides is 4. The van der Waals surface area contributed by atoms with Crippen LogP contribution < -0.4 is 10.6 Å². The lowest BCUT2D eigenvalue weighted by molar-refractivity contribution is -0.156. The van der Waals surface area contributed by atoms with Crippen LogP contribution in [0.15, 0.2) is 0 Å². The van der Waals surface area contributed by atoms with Crippen molar-refractivity contribution in [2.24, 2.45) is 5.92 Å². The van der Waals surface area contributed by atoms with Crippen LogP contribution in [0.5, 0.6) is 0 Å². The Morgan fingerprint density at radius 3 is 2.05 bits per heavy atom. The topological polar surface area (TPSA) is 139 Å². The quantitative estimate of drug-likeness (QED) is 0.344. The summed E-state index contributed by atoms with van der Waals surface area (Å²) in [6, 6.07) is -2.41. The number of nitrogens with zero attached hydrogens (tertiary/aromatic N) is 3. The smallest absolute Gasteiger partial charge is 0.305 e. The molecule has 4 amide bonds. The molecule has 1 saturated carbocycles. The van der Waals surface area contributed by atoms with Crippen LogP contribution in [0.3, 0.4) is 0 Å². The van der Waals surface area contributed by atoms with Gasteiger partial charge in [-0.1, -0.05) is 39.5 Å². The second-order valence-electron chi connectivity index (χ2n) is 12.2. The second-order valence-corrected chi connectivity index (χ2v) is 12.2. The fourth-order valence-corrected chi connectivity index (χ4v) is 6.56. The third-order valence-corrected chi connectivity index (χ3v) is 8.86. The Morgan fingerprint density at radius 2 is 1.52 bits per heavy atom. The first-order chi connectivity index (χ1) is 19.0. The van der Waals surface area contributed by atoms with Gasteiger partial charge in [-0.3, -0.25) is 24.0 Å². The molecule has 1 aliphatic carbocycles. The number of hydrogen-bond acceptors (Lipinski definition) is 6. The molecule has 3 fully saturated rings. The normalized spacial score (nSPS) is 22.6. The monoisotopic (exact) mass is 563 g/mol. The van der Waals surface area contributed by atoms with Gasteiger partial charge in [-0.25, -0.2) is 0 Å². The van der Waals surface area contributed by atoms with Crippen LogP contribution in [0, 0.1) is 5.92 Å². The number of piperidine rings is 1. The van der Waals surface area contributed by atoms with Crippen LogP contribution in [-0.2, 0) is 24.0 Å². The van der Waals surface area contributed by atoms with E-state index in [0.29, 0.717) is 25.9 Å². The van der Waals surface area contributed by atoms with Crippen molar-refractivity contribution < 1.29 is 29.1 Å². The largest absolute Gasteiger partial charge is 0.481 e. The Morgan fingerprint density at radius 1 is 0.925 bits per heavy atom. The van der Waals surface area contributed by atoms with Gasteiger partial charge >= 0.3 is 5.97 Å². The molecular weight excluding hydrogens is 514 g/mol. The fourth-order valence-electron chi connectivity index (χ4n) is 6.56. The molecule has 0 aromatic rings. The standard InChI is InChI=1S/C29H49N5O6/c1-20(2)24(27(39)32(3)22(19-23(35)36)26(38)34-17-10-7-11-18-34)33(4)28(40)29(14-8-5-6-9-15-29)31-25(37)21-13-12-16-30-21/h20-22,24,30H,5-19H2,1-4H3,(H,31,37)(H,35,36)/t21-,22-,24-/m0/s1. The molecule has 226 valence electrons. The minimum absolute atomic E-state index is 0.181. The summed E-state index contributed by atoms with van der Waals surface area (Å²) in [5.74, 6) is -2.81. The van der Waals surface area contributed by atoms with E-state index in [9.17, 15) is 29.1 Å². The molecule has 3 atom stereocenters. The number of carbonyl (C=O) groups excluding carboxylic acids is 4. The predicted octanol–water partition coefficient (Wildman–Crippen LogP) is 1.74. The van der Waals surface area contributed by atoms with E-state index < -0.39 is 35.9 Å². The zero-order valence-corrected chi connectivity index (χ0v) is 24.7. The summed E-state index contributed by atoms with van der Waals surface area (Å²) in [7, 11) is 3.05. The first-order valence-corrected chi connectivity index (χ1v) is 15.1. The summed E-state index contributed by atoms with van der Waals surface area (Å²) >= 11 is 0. The summed E-state index contributed by atoms with van der Waals surface area (Å²) < 4.78 is 0. The Balaban J connectivity index is 1.86. The Kier molecular flexibility index (Phi) is 11.4. The molecule has 40 heavy (non-hydrogen) atoms. The van der Waals surface area contributed by atoms with Gasteiger partial charge in [0.05, 0.1) is 12.5 Å². The average molecular weight is 564 g/mol. The first kappa shape index (κ1) is 31.8. The molecular formula is C29H49N5O6. The van der Waals surface area contributed by atoms with E-state index in [1.54, 1.807) is 11.9 Å². The number of rotatable bonds is 10. The highest BCUT2D eigenvalue weighted by molar-refractivity contribution is 5.97. The maximum Gasteiger partial charge on any atom is 0.305 e. The van der Waals surface area contributed by atoms with Gasteiger partial charge in [0.25, 0.3) is 0 Å². The maximum atomic E-state index is 14.3. The van der Waals surface area contributed by atoms with Gasteiger partial charge in [-0.2, -0.15) is 0 Å². The molecule has 0 aromatic carbocycles. The number of likely N-dealkylation sites (tertiary alicyclic amines) is 1. The number of carbonyl (C=O) groups is 5. The Labute approximate surface area is 238 Å². The highest BCUT2D eigenvalue weighted by atomic mass is 16.4. The zero-order valence-electron chi connectivity index (χ0n) is 24.7. The van der Waals surface area contributed by atoms with E-state index in [1.165, 1.54) is 16.8 Å². The number of carboxylic acid groups (broad SMARTS) is 1. The lowest BCUT2D eigenvalue weighted by Crippen LogP contribution is -2.65. The lowest BCUT2D eigenvalue weighted by atomic mass is 9.86. The molecule has 2 saturated heterocycles. The summed E-state index contributed by atoms with van der Waals surface area (Å²) in [4.78, 5) is 70.9. The minimum Gasteiger partial charge on any atom is -0.481 e. The van der Waals surface area contributed by atoms with Gasteiger partial charge in [-0.05, 0) is 57.4 Å². The van der Waals surface area contributed by atoms with E-state index in [2.05, 4.69) is 10.6 Å². The van der Waals surface area contributed by atoms with E-state index in [0.717, 1.165) is 64.3 Å². The van der Waals surface area contributed by atoms with Crippen molar-refractivity contribution in [2.75, 3.05) is 33.7 Å². The molecule has 0 aromatic heterocycles. The van der Waals surface area contributed by atoms with E-state index in [-0.39, 0.29) is 29.7 Å². The number of likely N-dealkylation sites (N-methyl/N-ethyl adjacent to an activating group) is 2. The second kappa shape index (κ2) is 14.3. The van der Waals surface area contributed by atoms with Crippen molar-refractivity contribution in [3.05, 3.63) is 0 Å². The highest BCUT2D eigenvalue weighted by Crippen LogP contribution is 2.31. The van der Waals surface area contributed by atoms with Crippen LogP contribution in [-0.4, -0.2) is 107 Å². The van der Waals surface area contributed by atoms with Crippen LogP contribution in [0.2, 0.25) is 0 Å². The summed E-state index contributed by atoms with van der Waals surface area (Å²) in [6.07, 6.45) is 8.36. The van der Waals surface area contributed by atoms with E-state index >= 15 is 0 Å². The molecule has 2 heterocycles. The third kappa shape index (κ3) is 7.53. The van der Waals surface area contributed by atoms with Gasteiger partial charge in [0.2, 0.25) is 23.6 Å². The van der Waals surface area contributed by atoms with Gasteiger partial charge in [0, 0.05) is 27.2 Å². The molecule has 0 unspecified atom stereocenters. The van der Waals surface area contributed by atoms with Crippen molar-refractivity contribution in [3.63, 3.8) is 0 Å². The molecule has 11 nitrogen and oxygen atoms in total. The van der Waals surface area contributed by atoms with Crippen LogP contribution in [0.25, 0.3) is 0 Å². The number of aliphatic carboxylic acids is 1. The van der Waals surface area contributed by atoms with E-state index in [1.807, 2.05) is 13.8 Å². The number of hydrogen-bond donors (Lipinski definition) is 3. The summed E-state index contributed by atoms with van der Waals surface area (Å²) in [5, 5.41) is 15.9. The van der Waals surface area contributed by atoms with Crippen molar-refractivity contribution in [1.82, 2.24) is 25.3 Å². The highest BCUT2D eigenvalue weighted by Gasteiger charge is 2.47. The Hall–Kier alpha value is -2.69. The first-order valence-electron chi connectivity index (χ1n) is 15.1. The summed E-state index contributed by atoms with van der Waals surface area (Å²) in [6.45, 7) is 5.52. The van der Waals surface area contributed by atoms with Crippen LogP contribution >= 0.6 is 0 Å². The fraction of sp³-hybridized carbons (Fsp3) is 0.828. The predicted molar refractivity (Wildman–Crippen MR) is 150 cm³/mol. The molecule has 2 aliphatic heterocycles. The minimum atomic E-state index is -1.17. The van der Waals surface area contributed by atoms with Gasteiger partial charge in [0.1, 0.15) is 17.6 Å². The zero-order chi connectivity index (χ0) is 29.4. The molecule has 0 bridgehead atoms. The maximum absolute atomic E-state index is 14.3. The molecule has 0 spiro atoms. The van der Waals surface area contributed by atoms with Crippen molar-refractivity contribution in [1.29, 1.82) is 0 Å². The van der Waals surface area contributed by atoms with Crippen molar-refractivity contribution in [3.8, 4) is 0 Å². The van der Waals surface area contributed by atoms with Gasteiger partial charge < -0.3 is 30.4 Å². The summed E-state index contributed by atoms with van der Waals surface area (Å²) in [5.41, 5.74) is -1.11. The molecule has 3 rings (SSSR count). The molecule has 3 aliphatic rings. The van der Waals surface area contributed by atoms with E-state index in [4.69, 9.17) is 0 Å². The molecule has 0 radical (unpaired) electrons. The Bertz CT molecular complexity index is 920. The molecule has 11 heteroatoms. The number of carboxylic acids is 1. The SMILES string of the molecule is CC(C)[C@@H](C(=O)N(C)[C@@H](CC(=O)O)C(=O)N1CCCCC1)N(C)C(=O)C1(NC(=O)[C@@H]2CCCN2)CCCCCC1. The van der Waals surface area contributed by atoms with Crippen molar-refractivity contribution >= 4 is 29.6 Å². The van der Waals surface area contributed by atoms with Crippen LogP contribution in [0.4, 0.5) is 0 Å². The number of nitrogens with one attached hydrogen (secondary N) is 2. The van der Waals surface area contributed by atoms with Crippen LogP contribution in [0.1, 0.15) is 90.9 Å². The van der Waals surface area contributed by atoms with Crippen molar-refractivity contribution in [2.45, 2.75) is 115 Å². The van der Waals surface area contributed by atoms with Gasteiger partial charge in [0.15, 0.2) is 0 Å². The molecule has 3 N–H and O–H groups in total. The third-order valence-electron chi connectivity index (χ3n) is 8.86.